The van der Waals surface area contributed by atoms with Crippen molar-refractivity contribution in [3.63, 3.8) is 0 Å². The van der Waals surface area contributed by atoms with E-state index in [9.17, 15) is 9.59 Å². The molecule has 4 heteroatoms. The Morgan fingerprint density at radius 3 is 2.75 bits per heavy atom. The second-order valence-corrected chi connectivity index (χ2v) is 7.02. The van der Waals surface area contributed by atoms with Gasteiger partial charge in [-0.25, -0.2) is 4.79 Å². The van der Waals surface area contributed by atoms with Crippen molar-refractivity contribution in [1.82, 2.24) is 0 Å². The number of hydrogen-bond donors (Lipinski definition) is 0. The molecule has 1 heterocycles. The number of hydrogen-bond acceptors (Lipinski definition) is 4. The summed E-state index contributed by atoms with van der Waals surface area (Å²) in [5, 5.41) is 0. The fourth-order valence-corrected chi connectivity index (χ4v) is 3.85. The fourth-order valence-electron chi connectivity index (χ4n) is 3.85. The molecule has 2 aliphatic rings. The highest BCUT2D eigenvalue weighted by Crippen LogP contribution is 2.48. The van der Waals surface area contributed by atoms with E-state index in [1.54, 1.807) is 19.3 Å². The van der Waals surface area contributed by atoms with E-state index in [-0.39, 0.29) is 35.6 Å². The van der Waals surface area contributed by atoms with Crippen LogP contribution in [-0.4, -0.2) is 17.9 Å². The van der Waals surface area contributed by atoms with E-state index in [1.807, 2.05) is 27.7 Å². The molecule has 4 unspecified atom stereocenters. The Morgan fingerprint density at radius 1 is 1.38 bits per heavy atom. The number of ketones is 1. The Labute approximate surface area is 142 Å². The summed E-state index contributed by atoms with van der Waals surface area (Å²) in [6.07, 6.45) is 5.98. The number of allylic oxidation sites excluding steroid dienone is 2. The zero-order valence-electron chi connectivity index (χ0n) is 14.9. The van der Waals surface area contributed by atoms with Crippen molar-refractivity contribution in [1.29, 1.82) is 0 Å². The highest BCUT2D eigenvalue weighted by Gasteiger charge is 2.45. The normalized spacial score (nSPS) is 29.6. The van der Waals surface area contributed by atoms with Crippen LogP contribution in [0.15, 0.2) is 34.0 Å². The topological polar surface area (TPSA) is 56.5 Å². The first-order valence-corrected chi connectivity index (χ1v) is 8.49. The SMILES string of the molecule is CC=C(C)C(=O)OC1CC2C(C)C(=O)c3occ(C)c3C2C=C1C. The van der Waals surface area contributed by atoms with E-state index in [1.165, 1.54) is 0 Å². The van der Waals surface area contributed by atoms with Crippen LogP contribution in [0.5, 0.6) is 0 Å². The number of carbonyl (C=O) groups excluding carboxylic acids is 2. The van der Waals surface area contributed by atoms with Gasteiger partial charge in [-0.05, 0) is 51.2 Å². The summed E-state index contributed by atoms with van der Waals surface area (Å²) in [4.78, 5) is 24.7. The zero-order valence-corrected chi connectivity index (χ0v) is 14.9. The van der Waals surface area contributed by atoms with Crippen molar-refractivity contribution in [2.24, 2.45) is 11.8 Å². The third-order valence-electron chi connectivity index (χ3n) is 5.54. The molecule has 0 saturated carbocycles. The molecule has 0 bridgehead atoms. The van der Waals surface area contributed by atoms with Gasteiger partial charge in [-0.2, -0.15) is 0 Å². The molecular weight excluding hydrogens is 304 g/mol. The third kappa shape index (κ3) is 2.54. The van der Waals surface area contributed by atoms with Crippen molar-refractivity contribution < 1.29 is 18.7 Å². The van der Waals surface area contributed by atoms with Gasteiger partial charge in [0.1, 0.15) is 6.10 Å². The van der Waals surface area contributed by atoms with Gasteiger partial charge in [0.25, 0.3) is 0 Å². The Morgan fingerprint density at radius 2 is 2.08 bits per heavy atom. The van der Waals surface area contributed by atoms with Crippen LogP contribution in [0.25, 0.3) is 0 Å². The van der Waals surface area contributed by atoms with Crippen LogP contribution in [0.4, 0.5) is 0 Å². The lowest BCUT2D eigenvalue weighted by atomic mass is 9.65. The maximum absolute atomic E-state index is 12.6. The minimum atomic E-state index is -0.288. The summed E-state index contributed by atoms with van der Waals surface area (Å²) in [5.74, 6) is 0.426. The lowest BCUT2D eigenvalue weighted by Gasteiger charge is -2.40. The molecule has 0 saturated heterocycles. The molecule has 0 fully saturated rings. The van der Waals surface area contributed by atoms with E-state index in [2.05, 4.69) is 6.08 Å². The van der Waals surface area contributed by atoms with Gasteiger partial charge >= 0.3 is 5.97 Å². The summed E-state index contributed by atoms with van der Waals surface area (Å²) >= 11 is 0. The Balaban J connectivity index is 1.95. The molecule has 0 spiro atoms. The Kier molecular flexibility index (Phi) is 4.24. The van der Waals surface area contributed by atoms with Crippen LogP contribution in [0.2, 0.25) is 0 Å². The maximum Gasteiger partial charge on any atom is 0.333 e. The zero-order chi connectivity index (χ0) is 17.6. The summed E-state index contributed by atoms with van der Waals surface area (Å²) in [5.41, 5.74) is 3.67. The molecule has 4 atom stereocenters. The maximum atomic E-state index is 12.6. The monoisotopic (exact) mass is 328 g/mol. The molecule has 0 aromatic carbocycles. The number of Topliss-reactive ketones (excluding diaryl/α,β-unsaturated/α-hetero) is 1. The van der Waals surface area contributed by atoms with E-state index in [0.717, 1.165) is 16.7 Å². The Bertz CT molecular complexity index is 750. The molecule has 2 aliphatic carbocycles. The molecule has 0 radical (unpaired) electrons. The third-order valence-corrected chi connectivity index (χ3v) is 5.54. The van der Waals surface area contributed by atoms with Crippen molar-refractivity contribution in [3.05, 3.63) is 46.4 Å². The number of esters is 1. The van der Waals surface area contributed by atoms with Crippen LogP contribution >= 0.6 is 0 Å². The Hall–Kier alpha value is -2.10. The minimum Gasteiger partial charge on any atom is -0.461 e. The first kappa shape index (κ1) is 16.7. The number of aryl methyl sites for hydroxylation is 1. The number of fused-ring (bicyclic) bond motifs is 3. The molecule has 1 aromatic heterocycles. The van der Waals surface area contributed by atoms with E-state index < -0.39 is 0 Å². The predicted molar refractivity (Wildman–Crippen MR) is 90.9 cm³/mol. The number of ether oxygens (including phenoxy) is 1. The number of rotatable bonds is 2. The van der Waals surface area contributed by atoms with Crippen LogP contribution in [-0.2, 0) is 9.53 Å². The minimum absolute atomic E-state index is 0.0574. The lowest BCUT2D eigenvalue weighted by molar-refractivity contribution is -0.143. The smallest absolute Gasteiger partial charge is 0.333 e. The number of furan rings is 1. The van der Waals surface area contributed by atoms with Gasteiger partial charge in [-0.3, -0.25) is 4.79 Å². The van der Waals surface area contributed by atoms with Crippen molar-refractivity contribution in [2.75, 3.05) is 0 Å². The highest BCUT2D eigenvalue weighted by atomic mass is 16.5. The van der Waals surface area contributed by atoms with E-state index >= 15 is 0 Å². The van der Waals surface area contributed by atoms with Crippen LogP contribution < -0.4 is 0 Å². The molecule has 24 heavy (non-hydrogen) atoms. The standard InChI is InChI=1S/C20H24O4/c1-6-10(2)20(22)24-16-8-14-13(5)18(21)19-17(12(4)9-23-19)15(14)7-11(16)3/h6-7,9,13-16H,8H2,1-5H3. The van der Waals surface area contributed by atoms with E-state index in [4.69, 9.17) is 9.15 Å². The largest absolute Gasteiger partial charge is 0.461 e. The van der Waals surface area contributed by atoms with Gasteiger partial charge < -0.3 is 9.15 Å². The molecule has 0 aliphatic heterocycles. The molecular formula is C20H24O4. The van der Waals surface area contributed by atoms with Crippen molar-refractivity contribution >= 4 is 11.8 Å². The van der Waals surface area contributed by atoms with Crippen LogP contribution in [0.3, 0.4) is 0 Å². The van der Waals surface area contributed by atoms with E-state index in [0.29, 0.717) is 17.8 Å². The summed E-state index contributed by atoms with van der Waals surface area (Å²) in [6, 6.07) is 0. The summed E-state index contributed by atoms with van der Waals surface area (Å²) < 4.78 is 11.2. The number of carbonyl (C=O) groups is 2. The van der Waals surface area contributed by atoms with Crippen LogP contribution in [0, 0.1) is 18.8 Å². The first-order valence-electron chi connectivity index (χ1n) is 8.49. The quantitative estimate of drug-likeness (QED) is 0.460. The molecule has 0 amide bonds. The summed E-state index contributed by atoms with van der Waals surface area (Å²) in [7, 11) is 0. The average molecular weight is 328 g/mol. The van der Waals surface area contributed by atoms with Crippen molar-refractivity contribution in [2.45, 2.75) is 53.1 Å². The van der Waals surface area contributed by atoms with Crippen LogP contribution in [0.1, 0.15) is 61.7 Å². The van der Waals surface area contributed by atoms with Gasteiger partial charge in [0.2, 0.25) is 5.78 Å². The molecule has 1 aromatic rings. The fraction of sp³-hybridized carbons (Fsp3) is 0.500. The molecule has 4 nitrogen and oxygen atoms in total. The molecule has 0 N–H and O–H groups in total. The lowest BCUT2D eigenvalue weighted by Crippen LogP contribution is -2.39. The first-order chi connectivity index (χ1) is 11.3. The van der Waals surface area contributed by atoms with Gasteiger partial charge in [-0.15, -0.1) is 0 Å². The van der Waals surface area contributed by atoms with Gasteiger partial charge in [-0.1, -0.05) is 19.1 Å². The van der Waals surface area contributed by atoms with Gasteiger partial charge in [0, 0.05) is 23.0 Å². The summed E-state index contributed by atoms with van der Waals surface area (Å²) in [6.45, 7) is 9.50. The molecule has 3 rings (SSSR count). The predicted octanol–water partition coefficient (Wildman–Crippen LogP) is 4.35. The second kappa shape index (κ2) is 6.08. The molecule has 128 valence electrons. The second-order valence-electron chi connectivity index (χ2n) is 7.02. The van der Waals surface area contributed by atoms with Crippen molar-refractivity contribution in [3.8, 4) is 0 Å². The average Bonchev–Trinajstić information content (AvgIpc) is 2.95. The highest BCUT2D eigenvalue weighted by molar-refractivity contribution is 5.98. The van der Waals surface area contributed by atoms with Gasteiger partial charge in [0.05, 0.1) is 6.26 Å². The van der Waals surface area contributed by atoms with Gasteiger partial charge in [0.15, 0.2) is 5.76 Å².